The van der Waals surface area contributed by atoms with E-state index in [0.29, 0.717) is 46.3 Å². The van der Waals surface area contributed by atoms with Crippen molar-refractivity contribution in [1.82, 2.24) is 29.9 Å². The lowest BCUT2D eigenvalue weighted by atomic mass is 9.85. The van der Waals surface area contributed by atoms with Gasteiger partial charge in [-0.3, -0.25) is 9.59 Å². The molecule has 4 N–H and O–H groups in total. The molecule has 2 atom stereocenters. The molecular weight excluding hydrogens is 1120 g/mol. The van der Waals surface area contributed by atoms with E-state index in [1.54, 1.807) is 48.5 Å². The van der Waals surface area contributed by atoms with Crippen LogP contribution >= 0.6 is 46.4 Å². The summed E-state index contributed by atoms with van der Waals surface area (Å²) in [6.07, 6.45) is 0. The zero-order valence-corrected chi connectivity index (χ0v) is 48.5. The Morgan fingerprint density at radius 1 is 0.519 bits per heavy atom. The molecule has 0 saturated heterocycles. The number of nitrogens with zero attached hydrogens (tertiary/aromatic N) is 2. The minimum Gasteiger partial charge on any atom is -0.378 e. The number of hydrogen-bond donors (Lipinski definition) is 4. The quantitative estimate of drug-likeness (QED) is 0.0323. The molecule has 0 radical (unpaired) electrons. The maximum absolute atomic E-state index is 13.2. The molecule has 424 valence electrons. The van der Waals surface area contributed by atoms with Gasteiger partial charge in [0.1, 0.15) is 5.41 Å². The predicted octanol–water partition coefficient (Wildman–Crippen LogP) is 6.07. The van der Waals surface area contributed by atoms with E-state index in [-0.39, 0.29) is 127 Å². The van der Waals surface area contributed by atoms with Crippen LogP contribution < -0.4 is 20.1 Å². The molecule has 0 aliphatic carbocycles. The van der Waals surface area contributed by atoms with Crippen LogP contribution in [0.15, 0.2) is 82.6 Å². The van der Waals surface area contributed by atoms with Gasteiger partial charge in [0, 0.05) is 84.3 Å². The molecule has 4 aromatic rings. The minimum absolute atomic E-state index is 0.0774. The molecule has 24 heteroatoms. The number of halogens is 4. The molecule has 0 fully saturated rings. The van der Waals surface area contributed by atoms with Crippen molar-refractivity contribution in [3.05, 3.63) is 126 Å². The number of nitrogens with one attached hydrogen (secondary N) is 4. The lowest BCUT2D eigenvalue weighted by molar-refractivity contribution is -0.141. The van der Waals surface area contributed by atoms with Gasteiger partial charge in [-0.2, -0.15) is 0 Å². The van der Waals surface area contributed by atoms with Crippen molar-refractivity contribution < 1.29 is 54.8 Å². The van der Waals surface area contributed by atoms with Crippen LogP contribution in [0.1, 0.15) is 59.1 Å². The second kappa shape index (κ2) is 30.3. The first-order chi connectivity index (χ1) is 36.8. The van der Waals surface area contributed by atoms with E-state index in [1.807, 2.05) is 38.4 Å². The van der Waals surface area contributed by atoms with Gasteiger partial charge in [0.05, 0.1) is 89.1 Å². The van der Waals surface area contributed by atoms with E-state index in [9.17, 15) is 26.4 Å². The van der Waals surface area contributed by atoms with E-state index >= 15 is 0 Å². The van der Waals surface area contributed by atoms with Crippen molar-refractivity contribution >= 4 is 78.3 Å². The predicted molar refractivity (Wildman–Crippen MR) is 297 cm³/mol. The van der Waals surface area contributed by atoms with E-state index in [1.165, 1.54) is 13.8 Å². The normalized spacial score (nSPS) is 16.3. The Kier molecular flexibility index (Phi) is 24.7. The summed E-state index contributed by atoms with van der Waals surface area (Å²) in [6, 6.07) is 21.1. The van der Waals surface area contributed by atoms with Crippen LogP contribution in [0.2, 0.25) is 20.1 Å². The lowest BCUT2D eigenvalue weighted by Crippen LogP contribution is -2.49. The average Bonchev–Trinajstić information content (AvgIpc) is 3.41. The minimum atomic E-state index is -3.80. The van der Waals surface area contributed by atoms with Crippen molar-refractivity contribution in [3.8, 4) is 0 Å². The standard InChI is InChI=1S/C53H70Cl4N6O12S2/c1-53(2,51(64)58-11-15-70-19-23-74-25-21-72-17-13-60-76(66,67)41-9-5-7-37(27-41)45-33-62(3)35-47-43(45)29-39(54)31-49(47)56)52(65)59-12-16-71-20-24-75-26-22-73-18-14-61-77(68,69)42-10-6-8-38(28-42)46-34-63(4)36-48-44(46)30-40(55)32-50(48)57/h5-10,27-32,45-46,60-61H,11-26,33-36H2,1-4H3,(H,58,64)(H,59,65). The largest absolute Gasteiger partial charge is 0.378 e. The van der Waals surface area contributed by atoms with E-state index in [2.05, 4.69) is 29.9 Å². The summed E-state index contributed by atoms with van der Waals surface area (Å²) in [6.45, 7) is 9.22. The van der Waals surface area contributed by atoms with Crippen LogP contribution in [0.3, 0.4) is 0 Å². The van der Waals surface area contributed by atoms with Gasteiger partial charge in [0.15, 0.2) is 0 Å². The molecule has 2 amide bonds. The summed E-state index contributed by atoms with van der Waals surface area (Å²) < 4.78 is 91.0. The van der Waals surface area contributed by atoms with Gasteiger partial charge in [-0.15, -0.1) is 0 Å². The van der Waals surface area contributed by atoms with Crippen LogP contribution in [-0.4, -0.2) is 171 Å². The molecule has 2 unspecified atom stereocenters. The summed E-state index contributed by atoms with van der Waals surface area (Å²) in [4.78, 5) is 30.2. The molecule has 2 aliphatic heterocycles. The first-order valence-electron chi connectivity index (χ1n) is 25.3. The number of hydrogen-bond acceptors (Lipinski definition) is 14. The van der Waals surface area contributed by atoms with E-state index < -0.39 is 37.3 Å². The molecule has 77 heavy (non-hydrogen) atoms. The fraction of sp³-hybridized carbons (Fsp3) is 0.509. The van der Waals surface area contributed by atoms with Gasteiger partial charge in [0.2, 0.25) is 31.9 Å². The number of benzene rings is 4. The number of amides is 2. The summed E-state index contributed by atoms with van der Waals surface area (Å²) in [7, 11) is -3.60. The SMILES string of the molecule is CN1Cc2c(Cl)cc(Cl)cc2C(c2cccc(S(=O)(=O)NCCOCCOCCOCCNC(=O)C(C)(C)C(=O)NCCOCCOCCOCCNS(=O)(=O)c3cccc(C4CN(C)Cc5c(Cl)cc(Cl)cc54)c3)c2)C1. The summed E-state index contributed by atoms with van der Waals surface area (Å²) >= 11 is 25.7. The highest BCUT2D eigenvalue weighted by atomic mass is 35.5. The second-order valence-electron chi connectivity index (χ2n) is 19.2. The number of ether oxygens (including phenoxy) is 6. The van der Waals surface area contributed by atoms with Gasteiger partial charge < -0.3 is 48.9 Å². The van der Waals surface area contributed by atoms with Crippen molar-refractivity contribution in [2.75, 3.05) is 133 Å². The second-order valence-corrected chi connectivity index (χ2v) is 24.4. The molecule has 2 heterocycles. The summed E-state index contributed by atoms with van der Waals surface area (Å²) in [5.74, 6) is -1.10. The third-order valence-electron chi connectivity index (χ3n) is 12.9. The monoisotopic (exact) mass is 1190 g/mol. The highest BCUT2D eigenvalue weighted by molar-refractivity contribution is 7.89. The van der Waals surface area contributed by atoms with Crippen LogP contribution in [-0.2, 0) is 71.1 Å². The molecular formula is C53H70Cl4N6O12S2. The highest BCUT2D eigenvalue weighted by Gasteiger charge is 2.36. The van der Waals surface area contributed by atoms with Gasteiger partial charge in [0.25, 0.3) is 0 Å². The molecule has 6 rings (SSSR count). The number of carbonyl (C=O) groups is 2. The topological polar surface area (TPSA) is 212 Å². The molecule has 0 bridgehead atoms. The van der Waals surface area contributed by atoms with Gasteiger partial charge in [-0.1, -0.05) is 70.7 Å². The van der Waals surface area contributed by atoms with Crippen LogP contribution in [0.25, 0.3) is 0 Å². The molecule has 0 spiro atoms. The first-order valence-corrected chi connectivity index (χ1v) is 29.8. The van der Waals surface area contributed by atoms with Gasteiger partial charge in [-0.25, -0.2) is 26.3 Å². The third-order valence-corrected chi connectivity index (χ3v) is 16.9. The van der Waals surface area contributed by atoms with Crippen LogP contribution in [0.4, 0.5) is 0 Å². The van der Waals surface area contributed by atoms with Crippen LogP contribution in [0, 0.1) is 5.41 Å². The fourth-order valence-electron chi connectivity index (χ4n) is 8.82. The average molecular weight is 1190 g/mol. The number of likely N-dealkylation sites (N-methyl/N-ethyl adjacent to an activating group) is 2. The fourth-order valence-corrected chi connectivity index (χ4v) is 12.1. The Hall–Kier alpha value is -3.52. The molecule has 0 saturated carbocycles. The maximum atomic E-state index is 13.2. The molecule has 18 nitrogen and oxygen atoms in total. The molecule has 0 aromatic heterocycles. The summed E-state index contributed by atoms with van der Waals surface area (Å²) in [5.41, 5.74) is 4.32. The summed E-state index contributed by atoms with van der Waals surface area (Å²) in [5, 5.41) is 7.70. The van der Waals surface area contributed by atoms with E-state index in [4.69, 9.17) is 74.8 Å². The Balaban J connectivity index is 0.725. The van der Waals surface area contributed by atoms with Gasteiger partial charge >= 0.3 is 0 Å². The van der Waals surface area contributed by atoms with Crippen molar-refractivity contribution in [3.63, 3.8) is 0 Å². The Labute approximate surface area is 473 Å². The zero-order chi connectivity index (χ0) is 55.6. The maximum Gasteiger partial charge on any atom is 0.240 e. The number of carbonyl (C=O) groups excluding carboxylic acids is 2. The first kappa shape index (κ1) is 62.7. The third kappa shape index (κ3) is 18.8. The van der Waals surface area contributed by atoms with Crippen LogP contribution in [0.5, 0.6) is 0 Å². The number of fused-ring (bicyclic) bond motifs is 2. The Morgan fingerprint density at radius 3 is 1.22 bits per heavy atom. The van der Waals surface area contributed by atoms with Crippen molar-refractivity contribution in [2.24, 2.45) is 5.41 Å². The molecule has 4 aromatic carbocycles. The number of rotatable bonds is 32. The van der Waals surface area contributed by atoms with E-state index in [0.717, 1.165) is 33.4 Å². The van der Waals surface area contributed by atoms with Gasteiger partial charge in [-0.05, 0) is 110 Å². The Morgan fingerprint density at radius 2 is 0.857 bits per heavy atom. The highest BCUT2D eigenvalue weighted by Crippen LogP contribution is 2.40. The zero-order valence-electron chi connectivity index (χ0n) is 43.8. The molecule has 2 aliphatic rings. The Bertz CT molecular complexity index is 2650. The lowest BCUT2D eigenvalue weighted by Gasteiger charge is -2.33. The van der Waals surface area contributed by atoms with Crippen molar-refractivity contribution in [1.29, 1.82) is 0 Å². The number of sulfonamides is 2. The smallest absolute Gasteiger partial charge is 0.240 e. The van der Waals surface area contributed by atoms with Crippen molar-refractivity contribution in [2.45, 2.75) is 48.6 Å².